The number of carbonyl (C=O) groups excluding carboxylic acids is 1. The molecule has 1 heterocycles. The fourth-order valence-electron chi connectivity index (χ4n) is 2.42. The Hall–Kier alpha value is -1.58. The van der Waals surface area contributed by atoms with Crippen LogP contribution in [0, 0.1) is 0 Å². The molecule has 1 aromatic carbocycles. The lowest BCUT2D eigenvalue weighted by Crippen LogP contribution is -2.15. The summed E-state index contributed by atoms with van der Waals surface area (Å²) >= 11 is 0. The molecule has 2 rings (SSSR count). The number of hydrogen-bond donors (Lipinski definition) is 0. The van der Waals surface area contributed by atoms with Crippen LogP contribution in [0.15, 0.2) is 12.1 Å². The fourth-order valence-corrected chi connectivity index (χ4v) is 2.42. The highest BCUT2D eigenvalue weighted by atomic mass is 19.1. The van der Waals surface area contributed by atoms with Gasteiger partial charge in [-0.05, 0) is 43.0 Å². The summed E-state index contributed by atoms with van der Waals surface area (Å²) in [5, 5.41) is 0. The molecule has 0 saturated carbocycles. The molecule has 0 radical (unpaired) electrons. The molecule has 1 atom stereocenters. The van der Waals surface area contributed by atoms with Gasteiger partial charge in [0.2, 0.25) is 0 Å². The van der Waals surface area contributed by atoms with Gasteiger partial charge in [0.15, 0.2) is 11.5 Å². The molecule has 0 spiro atoms. The maximum atomic E-state index is 14.5. The van der Waals surface area contributed by atoms with Gasteiger partial charge in [0.25, 0.3) is 0 Å². The first-order chi connectivity index (χ1) is 9.43. The van der Waals surface area contributed by atoms with E-state index in [9.17, 15) is 9.18 Å². The van der Waals surface area contributed by atoms with Crippen LogP contribution < -0.4 is 9.47 Å². The van der Waals surface area contributed by atoms with Crippen molar-refractivity contribution in [3.8, 4) is 11.5 Å². The van der Waals surface area contributed by atoms with Gasteiger partial charge in [-0.25, -0.2) is 4.39 Å². The lowest BCUT2D eigenvalue weighted by atomic mass is 9.86. The molecule has 20 heavy (non-hydrogen) atoms. The van der Waals surface area contributed by atoms with E-state index in [0.717, 1.165) is 18.3 Å². The predicted octanol–water partition coefficient (Wildman–Crippen LogP) is 3.75. The van der Waals surface area contributed by atoms with Crippen LogP contribution >= 0.6 is 0 Å². The lowest BCUT2D eigenvalue weighted by molar-refractivity contribution is -0.108. The van der Waals surface area contributed by atoms with E-state index < -0.39 is 5.67 Å². The van der Waals surface area contributed by atoms with Crippen LogP contribution in [0.1, 0.15) is 50.7 Å². The van der Waals surface area contributed by atoms with Crippen molar-refractivity contribution in [2.24, 2.45) is 0 Å². The van der Waals surface area contributed by atoms with Crippen LogP contribution in [0.4, 0.5) is 4.39 Å². The summed E-state index contributed by atoms with van der Waals surface area (Å²) in [4.78, 5) is 10.7. The van der Waals surface area contributed by atoms with Gasteiger partial charge in [0.05, 0.1) is 13.2 Å². The third-order valence-corrected chi connectivity index (χ3v) is 3.54. The average molecular weight is 280 g/mol. The number of halogens is 1. The Morgan fingerprint density at radius 3 is 2.45 bits per heavy atom. The minimum Gasteiger partial charge on any atom is -0.490 e. The number of alkyl halides is 1. The first kappa shape index (κ1) is 14.8. The molecule has 1 aliphatic heterocycles. The van der Waals surface area contributed by atoms with E-state index in [1.165, 1.54) is 13.8 Å². The van der Waals surface area contributed by atoms with Crippen LogP contribution in [0.5, 0.6) is 11.5 Å². The van der Waals surface area contributed by atoms with Crippen LogP contribution in [0.25, 0.3) is 0 Å². The molecule has 1 aromatic rings. The van der Waals surface area contributed by atoms with E-state index in [0.29, 0.717) is 36.7 Å². The van der Waals surface area contributed by atoms with E-state index in [2.05, 4.69) is 0 Å². The van der Waals surface area contributed by atoms with Crippen molar-refractivity contribution in [3.63, 3.8) is 0 Å². The Morgan fingerprint density at radius 2 is 1.90 bits per heavy atom. The predicted molar refractivity (Wildman–Crippen MR) is 75.3 cm³/mol. The monoisotopic (exact) mass is 280 g/mol. The molecule has 0 bridgehead atoms. The molecule has 0 saturated heterocycles. The second kappa shape index (κ2) is 5.81. The standard InChI is InChI=1S/C16H21FO3/c1-11(5-6-18)12-9-14-15(20-8-4-7-19-14)10-13(12)16(2,3)17/h6,9-11H,4-5,7-8H2,1-3H3. The second-order valence-electron chi connectivity index (χ2n) is 5.71. The van der Waals surface area contributed by atoms with Gasteiger partial charge in [-0.3, -0.25) is 0 Å². The Bertz CT molecular complexity index is 491. The van der Waals surface area contributed by atoms with Gasteiger partial charge in [-0.1, -0.05) is 6.92 Å². The lowest BCUT2D eigenvalue weighted by Gasteiger charge is -2.24. The molecule has 4 heteroatoms. The largest absolute Gasteiger partial charge is 0.490 e. The average Bonchev–Trinajstić information content (AvgIpc) is 2.60. The topological polar surface area (TPSA) is 35.5 Å². The number of benzene rings is 1. The highest BCUT2D eigenvalue weighted by Crippen LogP contribution is 2.41. The van der Waals surface area contributed by atoms with Gasteiger partial charge in [0, 0.05) is 12.8 Å². The molecule has 0 fully saturated rings. The van der Waals surface area contributed by atoms with Gasteiger partial charge in [0.1, 0.15) is 12.0 Å². The summed E-state index contributed by atoms with van der Waals surface area (Å²) in [6.45, 7) is 6.12. The quantitative estimate of drug-likeness (QED) is 0.788. The summed E-state index contributed by atoms with van der Waals surface area (Å²) in [5.74, 6) is 1.18. The highest BCUT2D eigenvalue weighted by Gasteiger charge is 2.28. The highest BCUT2D eigenvalue weighted by molar-refractivity contribution is 5.55. The molecule has 110 valence electrons. The summed E-state index contributed by atoms with van der Waals surface area (Å²) in [6.07, 6.45) is 2.04. The second-order valence-corrected chi connectivity index (χ2v) is 5.71. The summed E-state index contributed by atoms with van der Waals surface area (Å²) in [7, 11) is 0. The van der Waals surface area contributed by atoms with E-state index in [1.807, 2.05) is 13.0 Å². The van der Waals surface area contributed by atoms with Crippen LogP contribution in [0.3, 0.4) is 0 Å². The molecule has 1 aliphatic rings. The fraction of sp³-hybridized carbons (Fsp3) is 0.562. The van der Waals surface area contributed by atoms with Crippen molar-refractivity contribution in [3.05, 3.63) is 23.3 Å². The zero-order valence-electron chi connectivity index (χ0n) is 12.2. The van der Waals surface area contributed by atoms with Crippen molar-refractivity contribution >= 4 is 6.29 Å². The SMILES string of the molecule is CC(CC=O)c1cc2c(cc1C(C)(C)F)OCCCO2. The smallest absolute Gasteiger partial charge is 0.161 e. The van der Waals surface area contributed by atoms with E-state index in [-0.39, 0.29) is 5.92 Å². The third-order valence-electron chi connectivity index (χ3n) is 3.54. The van der Waals surface area contributed by atoms with Crippen molar-refractivity contribution in [1.29, 1.82) is 0 Å². The Labute approximate surface area is 119 Å². The maximum Gasteiger partial charge on any atom is 0.161 e. The van der Waals surface area contributed by atoms with Gasteiger partial charge >= 0.3 is 0 Å². The van der Waals surface area contributed by atoms with Crippen LogP contribution in [0.2, 0.25) is 0 Å². The Morgan fingerprint density at radius 1 is 1.30 bits per heavy atom. The maximum absolute atomic E-state index is 14.5. The number of rotatable bonds is 4. The van der Waals surface area contributed by atoms with Gasteiger partial charge in [-0.15, -0.1) is 0 Å². The molecule has 0 aromatic heterocycles. The van der Waals surface area contributed by atoms with E-state index >= 15 is 0 Å². The third kappa shape index (κ3) is 3.11. The normalized spacial score (nSPS) is 16.4. The number of carbonyl (C=O) groups is 1. The molecular weight excluding hydrogens is 259 g/mol. The zero-order valence-corrected chi connectivity index (χ0v) is 12.2. The number of hydrogen-bond acceptors (Lipinski definition) is 3. The number of ether oxygens (including phenoxy) is 2. The number of aldehydes is 1. The van der Waals surface area contributed by atoms with Crippen molar-refractivity contribution in [2.45, 2.75) is 45.2 Å². The van der Waals surface area contributed by atoms with Gasteiger partial charge in [-0.2, -0.15) is 0 Å². The molecule has 0 N–H and O–H groups in total. The van der Waals surface area contributed by atoms with Crippen molar-refractivity contribution < 1.29 is 18.7 Å². The Balaban J connectivity index is 2.52. The minimum absolute atomic E-state index is 0.0466. The van der Waals surface area contributed by atoms with Gasteiger partial charge < -0.3 is 14.3 Å². The molecule has 3 nitrogen and oxygen atoms in total. The summed E-state index contributed by atoms with van der Waals surface area (Å²) < 4.78 is 25.7. The van der Waals surface area contributed by atoms with E-state index in [1.54, 1.807) is 6.07 Å². The zero-order chi connectivity index (χ0) is 14.8. The molecule has 1 unspecified atom stereocenters. The van der Waals surface area contributed by atoms with Crippen LogP contribution in [-0.4, -0.2) is 19.5 Å². The van der Waals surface area contributed by atoms with Crippen molar-refractivity contribution in [2.75, 3.05) is 13.2 Å². The van der Waals surface area contributed by atoms with Crippen molar-refractivity contribution in [1.82, 2.24) is 0 Å². The summed E-state index contributed by atoms with van der Waals surface area (Å²) in [5.41, 5.74) is -0.109. The van der Waals surface area contributed by atoms with Crippen LogP contribution in [-0.2, 0) is 10.5 Å². The summed E-state index contributed by atoms with van der Waals surface area (Å²) in [6, 6.07) is 3.54. The minimum atomic E-state index is -1.49. The van der Waals surface area contributed by atoms with E-state index in [4.69, 9.17) is 9.47 Å². The molecule has 0 amide bonds. The first-order valence-corrected chi connectivity index (χ1v) is 7.00. The Kier molecular flexibility index (Phi) is 4.31. The number of fused-ring (bicyclic) bond motifs is 1. The molecular formula is C16H21FO3. The molecule has 0 aliphatic carbocycles. The first-order valence-electron chi connectivity index (χ1n) is 7.00.